The number of carbonyl (C=O) groups is 1. The average Bonchev–Trinajstić information content (AvgIpc) is 3.07. The van der Waals surface area contributed by atoms with Gasteiger partial charge in [0.1, 0.15) is 5.75 Å². The zero-order chi connectivity index (χ0) is 18.4. The second-order valence-corrected chi connectivity index (χ2v) is 5.81. The lowest BCUT2D eigenvalue weighted by Gasteiger charge is -2.08. The van der Waals surface area contributed by atoms with Crippen LogP contribution < -0.4 is 10.1 Å². The molecule has 0 unspecified atom stereocenters. The first kappa shape index (κ1) is 17.5. The van der Waals surface area contributed by atoms with E-state index in [1.165, 1.54) is 35.2 Å². The zero-order valence-corrected chi connectivity index (χ0v) is 14.1. The van der Waals surface area contributed by atoms with Crippen molar-refractivity contribution < 1.29 is 14.5 Å². The van der Waals surface area contributed by atoms with Crippen LogP contribution in [0.1, 0.15) is 6.42 Å². The van der Waals surface area contributed by atoms with E-state index >= 15 is 0 Å². The topological polar surface area (TPSA) is 86.4 Å². The van der Waals surface area contributed by atoms with Crippen molar-refractivity contribution in [3.8, 4) is 5.75 Å². The Bertz CT molecular complexity index is 903. The van der Waals surface area contributed by atoms with Gasteiger partial charge in [0.25, 0.3) is 11.6 Å². The summed E-state index contributed by atoms with van der Waals surface area (Å²) in [6.07, 6.45) is 2.85. The van der Waals surface area contributed by atoms with Gasteiger partial charge in [-0.1, -0.05) is 18.2 Å². The molecule has 7 heteroatoms. The van der Waals surface area contributed by atoms with Crippen LogP contribution in [-0.2, 0) is 11.3 Å². The number of hydrogen-bond donors (Lipinski definition) is 1. The van der Waals surface area contributed by atoms with Gasteiger partial charge < -0.3 is 14.6 Å². The molecule has 0 bridgehead atoms. The summed E-state index contributed by atoms with van der Waals surface area (Å²) in [6, 6.07) is 15.9. The molecule has 0 aliphatic carbocycles. The van der Waals surface area contributed by atoms with Gasteiger partial charge in [0.05, 0.1) is 4.92 Å². The lowest BCUT2D eigenvalue weighted by molar-refractivity contribution is -0.384. The number of rotatable bonds is 8. The maximum Gasteiger partial charge on any atom is 0.269 e. The Hall–Kier alpha value is -3.35. The first-order valence-electron chi connectivity index (χ1n) is 8.31. The summed E-state index contributed by atoms with van der Waals surface area (Å²) < 4.78 is 7.48. The van der Waals surface area contributed by atoms with Crippen molar-refractivity contribution in [1.82, 2.24) is 9.88 Å². The molecule has 1 heterocycles. The van der Waals surface area contributed by atoms with Crippen molar-refractivity contribution in [3.63, 3.8) is 0 Å². The van der Waals surface area contributed by atoms with Crippen molar-refractivity contribution in [2.45, 2.75) is 13.0 Å². The van der Waals surface area contributed by atoms with Crippen molar-refractivity contribution in [2.75, 3.05) is 13.2 Å². The highest BCUT2D eigenvalue weighted by atomic mass is 16.6. The number of non-ortho nitro benzene ring substituents is 1. The Kier molecular flexibility index (Phi) is 5.48. The van der Waals surface area contributed by atoms with Crippen LogP contribution in [0.2, 0.25) is 0 Å². The van der Waals surface area contributed by atoms with Crippen LogP contribution in [0, 0.1) is 10.1 Å². The van der Waals surface area contributed by atoms with E-state index in [0.717, 1.165) is 13.0 Å². The van der Waals surface area contributed by atoms with E-state index in [1.54, 1.807) is 0 Å². The molecule has 0 saturated carbocycles. The van der Waals surface area contributed by atoms with E-state index < -0.39 is 4.92 Å². The van der Waals surface area contributed by atoms with E-state index in [9.17, 15) is 14.9 Å². The fourth-order valence-electron chi connectivity index (χ4n) is 2.68. The van der Waals surface area contributed by atoms with Crippen molar-refractivity contribution in [2.24, 2.45) is 0 Å². The van der Waals surface area contributed by atoms with Gasteiger partial charge in [0.2, 0.25) is 0 Å². The molecule has 0 spiro atoms. The molecule has 2 aromatic carbocycles. The monoisotopic (exact) mass is 353 g/mol. The highest BCUT2D eigenvalue weighted by molar-refractivity contribution is 5.80. The first-order chi connectivity index (χ1) is 12.6. The third kappa shape index (κ3) is 4.38. The van der Waals surface area contributed by atoms with E-state index in [0.29, 0.717) is 12.3 Å². The molecule has 0 radical (unpaired) electrons. The number of ether oxygens (including phenoxy) is 1. The molecule has 0 aliphatic heterocycles. The number of hydrogen-bond acceptors (Lipinski definition) is 4. The fraction of sp³-hybridized carbons (Fsp3) is 0.211. The minimum atomic E-state index is -0.482. The van der Waals surface area contributed by atoms with Gasteiger partial charge in [-0.05, 0) is 36.1 Å². The largest absolute Gasteiger partial charge is 0.484 e. The van der Waals surface area contributed by atoms with Crippen LogP contribution in [0.15, 0.2) is 60.8 Å². The molecule has 26 heavy (non-hydrogen) atoms. The van der Waals surface area contributed by atoms with Gasteiger partial charge in [0.15, 0.2) is 6.61 Å². The maximum atomic E-state index is 11.8. The van der Waals surface area contributed by atoms with Crippen LogP contribution in [0.3, 0.4) is 0 Å². The van der Waals surface area contributed by atoms with Crippen LogP contribution in [-0.4, -0.2) is 28.5 Å². The number of fused-ring (bicyclic) bond motifs is 1. The van der Waals surface area contributed by atoms with Gasteiger partial charge in [0, 0.05) is 36.9 Å². The number of aromatic nitrogens is 1. The Morgan fingerprint density at radius 1 is 1.12 bits per heavy atom. The number of benzene rings is 2. The number of nitrogens with zero attached hydrogens (tertiary/aromatic N) is 2. The summed E-state index contributed by atoms with van der Waals surface area (Å²) in [6.45, 7) is 1.25. The third-order valence-corrected chi connectivity index (χ3v) is 4.00. The molecule has 0 aliphatic rings. The molecule has 1 N–H and O–H groups in total. The molecule has 1 aromatic heterocycles. The predicted molar refractivity (Wildman–Crippen MR) is 98.2 cm³/mol. The normalized spacial score (nSPS) is 10.6. The molecule has 7 nitrogen and oxygen atoms in total. The Labute approximate surface area is 150 Å². The van der Waals surface area contributed by atoms with Crippen LogP contribution in [0.5, 0.6) is 5.75 Å². The highest BCUT2D eigenvalue weighted by Crippen LogP contribution is 2.17. The highest BCUT2D eigenvalue weighted by Gasteiger charge is 2.06. The summed E-state index contributed by atoms with van der Waals surface area (Å²) in [5.41, 5.74) is 1.17. The zero-order valence-electron chi connectivity index (χ0n) is 14.1. The Morgan fingerprint density at radius 2 is 1.88 bits per heavy atom. The third-order valence-electron chi connectivity index (χ3n) is 4.00. The minimum Gasteiger partial charge on any atom is -0.484 e. The summed E-state index contributed by atoms with van der Waals surface area (Å²) in [4.78, 5) is 21.9. The van der Waals surface area contributed by atoms with Crippen LogP contribution in [0.4, 0.5) is 5.69 Å². The average molecular weight is 353 g/mol. The second kappa shape index (κ2) is 8.15. The lowest BCUT2D eigenvalue weighted by Crippen LogP contribution is -2.30. The molecule has 1 amide bonds. The predicted octanol–water partition coefficient (Wildman–Crippen LogP) is 3.13. The molecular weight excluding hydrogens is 334 g/mol. The summed E-state index contributed by atoms with van der Waals surface area (Å²) in [5.74, 6) is 0.199. The SMILES string of the molecule is O=C(COc1ccc([N+](=O)[O-])cc1)NCCCn1ccc2ccccc21. The minimum absolute atomic E-state index is 0.0145. The number of carbonyl (C=O) groups excluding carboxylic acids is 1. The van der Waals surface area contributed by atoms with E-state index in [-0.39, 0.29) is 18.2 Å². The number of nitro groups is 1. The second-order valence-electron chi connectivity index (χ2n) is 5.81. The van der Waals surface area contributed by atoms with Crippen molar-refractivity contribution >= 4 is 22.5 Å². The molecule has 134 valence electrons. The van der Waals surface area contributed by atoms with Crippen LogP contribution >= 0.6 is 0 Å². The number of amides is 1. The number of para-hydroxylation sites is 1. The van der Waals surface area contributed by atoms with Crippen molar-refractivity contribution in [3.05, 3.63) is 70.9 Å². The van der Waals surface area contributed by atoms with Gasteiger partial charge in [-0.25, -0.2) is 0 Å². The molecule has 3 rings (SSSR count). The quantitative estimate of drug-likeness (QED) is 0.383. The van der Waals surface area contributed by atoms with E-state index in [4.69, 9.17) is 4.74 Å². The summed E-state index contributed by atoms with van der Waals surface area (Å²) in [7, 11) is 0. The summed E-state index contributed by atoms with van der Waals surface area (Å²) >= 11 is 0. The first-order valence-corrected chi connectivity index (χ1v) is 8.31. The smallest absolute Gasteiger partial charge is 0.269 e. The standard InChI is InChI=1S/C19H19N3O4/c23-19(14-26-17-8-6-16(7-9-17)22(24)25)20-11-3-12-21-13-10-15-4-1-2-5-18(15)21/h1-2,4-10,13H,3,11-12,14H2,(H,20,23). The number of nitro benzene ring substituents is 1. The Morgan fingerprint density at radius 3 is 2.65 bits per heavy atom. The number of aryl methyl sites for hydroxylation is 1. The molecule has 3 aromatic rings. The summed E-state index contributed by atoms with van der Waals surface area (Å²) in [5, 5.41) is 14.6. The van der Waals surface area contributed by atoms with E-state index in [2.05, 4.69) is 28.1 Å². The van der Waals surface area contributed by atoms with Gasteiger partial charge >= 0.3 is 0 Å². The lowest BCUT2D eigenvalue weighted by atomic mass is 10.2. The Balaban J connectivity index is 1.38. The van der Waals surface area contributed by atoms with Gasteiger partial charge in [-0.15, -0.1) is 0 Å². The molecule has 0 fully saturated rings. The maximum absolute atomic E-state index is 11.8. The number of nitrogens with one attached hydrogen (secondary N) is 1. The van der Waals surface area contributed by atoms with Crippen LogP contribution in [0.25, 0.3) is 10.9 Å². The molecule has 0 saturated heterocycles. The van der Waals surface area contributed by atoms with Gasteiger partial charge in [-0.2, -0.15) is 0 Å². The fourth-order valence-corrected chi connectivity index (χ4v) is 2.68. The van der Waals surface area contributed by atoms with Crippen molar-refractivity contribution in [1.29, 1.82) is 0 Å². The molecule has 0 atom stereocenters. The van der Waals surface area contributed by atoms with E-state index in [1.807, 2.05) is 18.3 Å². The molecular formula is C19H19N3O4. The van der Waals surface area contributed by atoms with Gasteiger partial charge in [-0.3, -0.25) is 14.9 Å².